The van der Waals surface area contributed by atoms with E-state index >= 15 is 0 Å². The Kier molecular flexibility index (Phi) is 5.67. The molecule has 0 unspecified atom stereocenters. The second-order valence-corrected chi connectivity index (χ2v) is 11.4. The molecule has 0 aliphatic carbocycles. The van der Waals surface area contributed by atoms with Gasteiger partial charge in [0.1, 0.15) is 0 Å². The maximum Gasteiger partial charge on any atom is 0.232 e. The van der Waals surface area contributed by atoms with Crippen LogP contribution in [0.1, 0.15) is 40.2 Å². The molecule has 0 heterocycles. The average Bonchev–Trinajstić information content (AvgIpc) is 2.23. The molecule has 126 valence electrons. The molecule has 22 heavy (non-hydrogen) atoms. The number of hydrogen-bond donors (Lipinski definition) is 1. The minimum Gasteiger partial charge on any atom is -0.284 e. The quantitative estimate of drug-likeness (QED) is 0.858. The molecular formula is C15H25NO4S2. The third-order valence-electron chi connectivity index (χ3n) is 3.04. The Balaban J connectivity index is 2.97. The van der Waals surface area contributed by atoms with Crippen molar-refractivity contribution in [3.8, 4) is 0 Å². The summed E-state index contributed by atoms with van der Waals surface area (Å²) in [5.41, 5.74) is 0.960. The van der Waals surface area contributed by atoms with Gasteiger partial charge in [-0.05, 0) is 44.4 Å². The first-order valence-corrected chi connectivity index (χ1v) is 10.4. The summed E-state index contributed by atoms with van der Waals surface area (Å²) >= 11 is 0. The molecule has 1 rings (SSSR count). The molecule has 0 aromatic heterocycles. The SMILES string of the molecule is CC(C)CS(=O)(=O)Nc1cccc(CS(=O)(=O)C(C)(C)C)c1. The molecule has 0 fully saturated rings. The van der Waals surface area contributed by atoms with E-state index in [-0.39, 0.29) is 17.4 Å². The van der Waals surface area contributed by atoms with Crippen LogP contribution in [0.2, 0.25) is 0 Å². The predicted octanol–water partition coefficient (Wildman–Crippen LogP) is 2.80. The predicted molar refractivity (Wildman–Crippen MR) is 91.1 cm³/mol. The minimum atomic E-state index is -3.42. The molecule has 5 nitrogen and oxygen atoms in total. The van der Waals surface area contributed by atoms with Crippen molar-refractivity contribution >= 4 is 25.5 Å². The Labute approximate surface area is 134 Å². The largest absolute Gasteiger partial charge is 0.284 e. The molecule has 0 atom stereocenters. The second-order valence-electron chi connectivity index (χ2n) is 6.85. The van der Waals surface area contributed by atoms with Crippen molar-refractivity contribution in [2.75, 3.05) is 10.5 Å². The standard InChI is InChI=1S/C15H25NO4S2/c1-12(2)10-22(19,20)16-14-8-6-7-13(9-14)11-21(17,18)15(3,4)5/h6-9,12,16H,10-11H2,1-5H3. The first kappa shape index (κ1) is 19.0. The first-order chi connectivity index (χ1) is 9.82. The van der Waals surface area contributed by atoms with Crippen LogP contribution in [0.3, 0.4) is 0 Å². The smallest absolute Gasteiger partial charge is 0.232 e. The molecule has 0 bridgehead atoms. The summed E-state index contributed by atoms with van der Waals surface area (Å²) < 4.78 is 50.0. The van der Waals surface area contributed by atoms with Gasteiger partial charge in [-0.2, -0.15) is 0 Å². The van der Waals surface area contributed by atoms with Crippen LogP contribution in [0.4, 0.5) is 5.69 Å². The van der Waals surface area contributed by atoms with Crippen molar-refractivity contribution in [1.29, 1.82) is 0 Å². The van der Waals surface area contributed by atoms with E-state index in [1.165, 1.54) is 0 Å². The van der Waals surface area contributed by atoms with E-state index in [0.29, 0.717) is 11.3 Å². The molecule has 7 heteroatoms. The van der Waals surface area contributed by atoms with Gasteiger partial charge in [0.05, 0.1) is 16.3 Å². The highest BCUT2D eigenvalue weighted by Crippen LogP contribution is 2.22. The summed E-state index contributed by atoms with van der Waals surface area (Å²) in [5.74, 6) is -0.0738. The fraction of sp³-hybridized carbons (Fsp3) is 0.600. The van der Waals surface area contributed by atoms with Gasteiger partial charge in [0.25, 0.3) is 0 Å². The van der Waals surface area contributed by atoms with Crippen molar-refractivity contribution < 1.29 is 16.8 Å². The molecule has 0 aliphatic heterocycles. The number of anilines is 1. The van der Waals surface area contributed by atoms with Crippen LogP contribution in [-0.2, 0) is 25.6 Å². The Bertz CT molecular complexity index is 714. The summed E-state index contributed by atoms with van der Waals surface area (Å²) in [6.45, 7) is 8.60. The van der Waals surface area contributed by atoms with Gasteiger partial charge in [-0.1, -0.05) is 26.0 Å². The van der Waals surface area contributed by atoms with E-state index < -0.39 is 24.6 Å². The van der Waals surface area contributed by atoms with E-state index in [2.05, 4.69) is 4.72 Å². The molecule has 0 spiro atoms. The van der Waals surface area contributed by atoms with Crippen LogP contribution in [0.25, 0.3) is 0 Å². The highest BCUT2D eigenvalue weighted by Gasteiger charge is 2.29. The number of rotatable bonds is 6. The lowest BCUT2D eigenvalue weighted by molar-refractivity contribution is 0.559. The van der Waals surface area contributed by atoms with E-state index in [4.69, 9.17) is 0 Å². The number of sulfonamides is 1. The third kappa shape index (κ3) is 5.61. The number of hydrogen-bond acceptors (Lipinski definition) is 4. The number of sulfone groups is 1. The summed E-state index contributed by atoms with van der Waals surface area (Å²) in [6, 6.07) is 6.52. The zero-order valence-corrected chi connectivity index (χ0v) is 15.4. The molecule has 1 aromatic rings. The average molecular weight is 348 g/mol. The van der Waals surface area contributed by atoms with E-state index in [0.717, 1.165) is 0 Å². The fourth-order valence-corrected chi connectivity index (χ4v) is 4.32. The lowest BCUT2D eigenvalue weighted by Gasteiger charge is -2.19. The highest BCUT2D eigenvalue weighted by atomic mass is 32.2. The fourth-order valence-electron chi connectivity index (χ4n) is 1.82. The van der Waals surface area contributed by atoms with E-state index in [1.807, 2.05) is 13.8 Å². The zero-order chi connectivity index (χ0) is 17.2. The molecule has 0 amide bonds. The second kappa shape index (κ2) is 6.58. The van der Waals surface area contributed by atoms with Crippen molar-refractivity contribution in [2.45, 2.75) is 45.1 Å². The van der Waals surface area contributed by atoms with Gasteiger partial charge in [0, 0.05) is 5.69 Å². The summed E-state index contributed by atoms with van der Waals surface area (Å²) in [4.78, 5) is 0. The lowest BCUT2D eigenvalue weighted by atomic mass is 10.2. The Hall–Kier alpha value is -1.08. The summed E-state index contributed by atoms with van der Waals surface area (Å²) in [7, 11) is -6.73. The topological polar surface area (TPSA) is 80.3 Å². The zero-order valence-electron chi connectivity index (χ0n) is 13.8. The molecule has 0 saturated carbocycles. The van der Waals surface area contributed by atoms with Gasteiger partial charge >= 0.3 is 0 Å². The minimum absolute atomic E-state index is 0.0157. The van der Waals surface area contributed by atoms with Crippen LogP contribution in [0, 0.1) is 5.92 Å². The van der Waals surface area contributed by atoms with Gasteiger partial charge in [-0.3, -0.25) is 4.72 Å². The normalized spacial score (nSPS) is 13.4. The van der Waals surface area contributed by atoms with Crippen molar-refractivity contribution in [3.63, 3.8) is 0 Å². The van der Waals surface area contributed by atoms with E-state index in [1.54, 1.807) is 45.0 Å². The van der Waals surface area contributed by atoms with E-state index in [9.17, 15) is 16.8 Å². The van der Waals surface area contributed by atoms with Crippen LogP contribution in [-0.4, -0.2) is 27.3 Å². The summed E-state index contributed by atoms with van der Waals surface area (Å²) in [5, 5.41) is 0. The highest BCUT2D eigenvalue weighted by molar-refractivity contribution is 7.92. The van der Waals surface area contributed by atoms with Crippen molar-refractivity contribution in [2.24, 2.45) is 5.92 Å². The van der Waals surface area contributed by atoms with Crippen molar-refractivity contribution in [3.05, 3.63) is 29.8 Å². The molecule has 0 saturated heterocycles. The maximum absolute atomic E-state index is 12.2. The number of nitrogens with one attached hydrogen (secondary N) is 1. The lowest BCUT2D eigenvalue weighted by Crippen LogP contribution is -2.29. The Morgan fingerprint density at radius 3 is 2.18 bits per heavy atom. The molecule has 1 aromatic carbocycles. The van der Waals surface area contributed by atoms with Gasteiger partial charge < -0.3 is 0 Å². The molecule has 0 aliphatic rings. The number of benzene rings is 1. The Morgan fingerprint density at radius 1 is 1.09 bits per heavy atom. The monoisotopic (exact) mass is 347 g/mol. The van der Waals surface area contributed by atoms with Gasteiger partial charge in [-0.15, -0.1) is 0 Å². The third-order valence-corrected chi connectivity index (χ3v) is 7.27. The van der Waals surface area contributed by atoms with Gasteiger partial charge in [-0.25, -0.2) is 16.8 Å². The molecule has 0 radical (unpaired) electrons. The van der Waals surface area contributed by atoms with Gasteiger partial charge in [0.2, 0.25) is 10.0 Å². The Morgan fingerprint density at radius 2 is 1.68 bits per heavy atom. The van der Waals surface area contributed by atoms with Crippen LogP contribution >= 0.6 is 0 Å². The van der Waals surface area contributed by atoms with Crippen LogP contribution in [0.15, 0.2) is 24.3 Å². The van der Waals surface area contributed by atoms with Crippen LogP contribution < -0.4 is 4.72 Å². The van der Waals surface area contributed by atoms with Crippen molar-refractivity contribution in [1.82, 2.24) is 0 Å². The van der Waals surface area contributed by atoms with Gasteiger partial charge in [0.15, 0.2) is 9.84 Å². The maximum atomic E-state index is 12.2. The summed E-state index contributed by atoms with van der Waals surface area (Å²) in [6.07, 6.45) is 0. The molecular weight excluding hydrogens is 322 g/mol. The first-order valence-electron chi connectivity index (χ1n) is 7.14. The van der Waals surface area contributed by atoms with Crippen LogP contribution in [0.5, 0.6) is 0 Å². The molecule has 1 N–H and O–H groups in total.